The smallest absolute Gasteiger partial charge is 0.446 e. The number of benzene rings is 2. The molecule has 0 saturated carbocycles. The lowest BCUT2D eigenvalue weighted by molar-refractivity contribution is -0.111. The summed E-state index contributed by atoms with van der Waals surface area (Å²) in [7, 11) is 0. The lowest BCUT2D eigenvalue weighted by Crippen LogP contribution is -2.28. The van der Waals surface area contributed by atoms with E-state index in [1.54, 1.807) is 23.1 Å². The Hall–Kier alpha value is -3.46. The van der Waals surface area contributed by atoms with Crippen LogP contribution in [0, 0.1) is 0 Å². The summed E-state index contributed by atoms with van der Waals surface area (Å²) in [4.78, 5) is 26.6. The van der Waals surface area contributed by atoms with Gasteiger partial charge in [-0.25, -0.2) is 0 Å². The summed E-state index contributed by atoms with van der Waals surface area (Å²) in [5, 5.41) is 2.76. The van der Waals surface area contributed by atoms with Gasteiger partial charge in [-0.05, 0) is 71.8 Å². The molecule has 1 N–H and O–H groups in total. The molecule has 2 heterocycles. The van der Waals surface area contributed by atoms with Crippen molar-refractivity contribution in [3.8, 4) is 0 Å². The van der Waals surface area contributed by atoms with Gasteiger partial charge in [0, 0.05) is 28.9 Å². The molecule has 1 aliphatic rings. The van der Waals surface area contributed by atoms with Crippen LogP contribution in [0.2, 0.25) is 0 Å². The van der Waals surface area contributed by atoms with Gasteiger partial charge >= 0.3 is 5.51 Å². The monoisotopic (exact) mass is 458 g/mol. The van der Waals surface area contributed by atoms with E-state index in [1.165, 1.54) is 48.9 Å². The molecule has 0 aliphatic carbocycles. The van der Waals surface area contributed by atoms with E-state index in [1.807, 2.05) is 6.07 Å². The second-order valence-electron chi connectivity index (χ2n) is 7.00. The Labute approximate surface area is 185 Å². The summed E-state index contributed by atoms with van der Waals surface area (Å²) in [6.45, 7) is 0.541. The van der Waals surface area contributed by atoms with Crippen LogP contribution in [-0.2, 0) is 11.2 Å². The first kappa shape index (κ1) is 21.8. The SMILES string of the molecule is O=C(/C=C/c1ccc(SC(F)(F)F)cc1)Nc1ccc2c(c1)CCN2C(=O)c1ccoc1. The van der Waals surface area contributed by atoms with Crippen LogP contribution in [0.4, 0.5) is 24.5 Å². The zero-order chi connectivity index (χ0) is 22.7. The molecule has 5 nitrogen and oxygen atoms in total. The Morgan fingerprint density at radius 3 is 2.56 bits per heavy atom. The van der Waals surface area contributed by atoms with E-state index < -0.39 is 5.51 Å². The zero-order valence-electron chi connectivity index (χ0n) is 16.6. The second-order valence-corrected chi connectivity index (χ2v) is 8.14. The molecule has 0 spiro atoms. The highest BCUT2D eigenvalue weighted by Gasteiger charge is 2.29. The number of nitrogens with zero attached hydrogens (tertiary/aromatic N) is 1. The van der Waals surface area contributed by atoms with Gasteiger partial charge in [-0.1, -0.05) is 12.1 Å². The largest absolute Gasteiger partial charge is 0.472 e. The molecule has 0 bridgehead atoms. The van der Waals surface area contributed by atoms with Gasteiger partial charge < -0.3 is 14.6 Å². The first-order valence-electron chi connectivity index (χ1n) is 9.60. The fraction of sp³-hybridized carbons (Fsp3) is 0.130. The highest BCUT2D eigenvalue weighted by Crippen LogP contribution is 2.36. The predicted octanol–water partition coefficient (Wildman–Crippen LogP) is 5.75. The van der Waals surface area contributed by atoms with Gasteiger partial charge in [-0.3, -0.25) is 9.59 Å². The molecule has 32 heavy (non-hydrogen) atoms. The summed E-state index contributed by atoms with van der Waals surface area (Å²) in [5.41, 5.74) is -0.924. The number of thioether (sulfide) groups is 1. The van der Waals surface area contributed by atoms with Crippen LogP contribution in [0.1, 0.15) is 21.5 Å². The number of furan rings is 1. The van der Waals surface area contributed by atoms with E-state index in [9.17, 15) is 22.8 Å². The summed E-state index contributed by atoms with van der Waals surface area (Å²) in [5.74, 6) is -0.514. The van der Waals surface area contributed by atoms with E-state index in [0.717, 1.165) is 11.3 Å². The quantitative estimate of drug-likeness (QED) is 0.391. The van der Waals surface area contributed by atoms with Gasteiger partial charge in [0.1, 0.15) is 6.26 Å². The Kier molecular flexibility index (Phi) is 6.09. The van der Waals surface area contributed by atoms with Crippen LogP contribution >= 0.6 is 11.8 Å². The average molecular weight is 458 g/mol. The Balaban J connectivity index is 1.38. The van der Waals surface area contributed by atoms with Crippen LogP contribution < -0.4 is 10.2 Å². The van der Waals surface area contributed by atoms with Crippen molar-refractivity contribution >= 4 is 41.0 Å². The fourth-order valence-electron chi connectivity index (χ4n) is 3.37. The number of anilines is 2. The summed E-state index contributed by atoms with van der Waals surface area (Å²) in [6.07, 6.45) is 6.36. The highest BCUT2D eigenvalue weighted by molar-refractivity contribution is 8.00. The van der Waals surface area contributed by atoms with E-state index in [4.69, 9.17) is 4.42 Å². The van der Waals surface area contributed by atoms with Gasteiger partial charge in [-0.2, -0.15) is 13.2 Å². The van der Waals surface area contributed by atoms with Crippen molar-refractivity contribution in [3.05, 3.63) is 83.8 Å². The predicted molar refractivity (Wildman–Crippen MR) is 117 cm³/mol. The van der Waals surface area contributed by atoms with Crippen LogP contribution in [0.5, 0.6) is 0 Å². The number of fused-ring (bicyclic) bond motifs is 1. The topological polar surface area (TPSA) is 62.6 Å². The Morgan fingerprint density at radius 2 is 1.88 bits per heavy atom. The van der Waals surface area contributed by atoms with Crippen LogP contribution in [0.25, 0.3) is 6.08 Å². The van der Waals surface area contributed by atoms with Crippen molar-refractivity contribution in [1.82, 2.24) is 0 Å². The van der Waals surface area contributed by atoms with Gasteiger partial charge in [0.05, 0.1) is 11.8 Å². The van der Waals surface area contributed by atoms with Crippen molar-refractivity contribution in [2.24, 2.45) is 0 Å². The third-order valence-electron chi connectivity index (χ3n) is 4.80. The van der Waals surface area contributed by atoms with E-state index in [-0.39, 0.29) is 28.5 Å². The summed E-state index contributed by atoms with van der Waals surface area (Å²) >= 11 is -0.186. The number of rotatable bonds is 5. The van der Waals surface area contributed by atoms with Crippen LogP contribution in [0.3, 0.4) is 0 Å². The minimum atomic E-state index is -4.34. The van der Waals surface area contributed by atoms with Crippen molar-refractivity contribution in [2.45, 2.75) is 16.8 Å². The number of halogens is 3. The van der Waals surface area contributed by atoms with Crippen LogP contribution in [0.15, 0.2) is 76.4 Å². The maximum Gasteiger partial charge on any atom is 0.446 e. The van der Waals surface area contributed by atoms with E-state index in [2.05, 4.69) is 5.32 Å². The minimum absolute atomic E-state index is 0.0811. The Bertz CT molecular complexity index is 1160. The summed E-state index contributed by atoms with van der Waals surface area (Å²) < 4.78 is 42.1. The molecule has 1 aliphatic heterocycles. The third kappa shape index (κ3) is 5.23. The van der Waals surface area contributed by atoms with Gasteiger partial charge in [0.15, 0.2) is 0 Å². The molecule has 0 radical (unpaired) electrons. The molecule has 2 aromatic carbocycles. The maximum absolute atomic E-state index is 12.6. The molecule has 1 aromatic heterocycles. The van der Waals surface area contributed by atoms with Crippen LogP contribution in [-0.4, -0.2) is 23.9 Å². The lowest BCUT2D eigenvalue weighted by atomic mass is 10.1. The Morgan fingerprint density at radius 1 is 1.09 bits per heavy atom. The molecular weight excluding hydrogens is 441 g/mol. The first-order valence-corrected chi connectivity index (χ1v) is 10.4. The number of carbonyl (C=O) groups excluding carboxylic acids is 2. The molecule has 0 atom stereocenters. The average Bonchev–Trinajstić information content (AvgIpc) is 3.42. The number of alkyl halides is 3. The van der Waals surface area contributed by atoms with Gasteiger partial charge in [-0.15, -0.1) is 0 Å². The lowest BCUT2D eigenvalue weighted by Gasteiger charge is -2.16. The minimum Gasteiger partial charge on any atom is -0.472 e. The fourth-order valence-corrected chi connectivity index (χ4v) is 3.91. The molecule has 0 unspecified atom stereocenters. The normalized spacial score (nSPS) is 13.4. The number of carbonyl (C=O) groups is 2. The molecule has 2 amide bonds. The molecular formula is C23H17F3N2O3S. The van der Waals surface area contributed by atoms with Crippen molar-refractivity contribution < 1.29 is 27.2 Å². The van der Waals surface area contributed by atoms with Crippen molar-refractivity contribution in [3.63, 3.8) is 0 Å². The molecule has 0 saturated heterocycles. The van der Waals surface area contributed by atoms with Gasteiger partial charge in [0.2, 0.25) is 5.91 Å². The molecule has 3 aromatic rings. The number of amides is 2. The molecule has 0 fully saturated rings. The number of nitrogens with one attached hydrogen (secondary N) is 1. The standard InChI is InChI=1S/C23H17F3N2O3S/c24-23(25,26)32-19-5-1-15(2-6-19)3-8-21(29)27-18-4-7-20-16(13-18)9-11-28(20)22(30)17-10-12-31-14-17/h1-8,10,12-14H,9,11H2,(H,27,29)/b8-3+. The maximum atomic E-state index is 12.6. The first-order chi connectivity index (χ1) is 15.3. The van der Waals surface area contributed by atoms with Crippen molar-refractivity contribution in [2.75, 3.05) is 16.8 Å². The number of hydrogen-bond acceptors (Lipinski definition) is 4. The zero-order valence-corrected chi connectivity index (χ0v) is 17.4. The summed E-state index contributed by atoms with van der Waals surface area (Å²) in [6, 6.07) is 12.7. The third-order valence-corrected chi connectivity index (χ3v) is 5.54. The molecule has 4 rings (SSSR count). The van der Waals surface area contributed by atoms with Crippen molar-refractivity contribution in [1.29, 1.82) is 0 Å². The molecule has 9 heteroatoms. The second kappa shape index (κ2) is 8.96. The van der Waals surface area contributed by atoms with Gasteiger partial charge in [0.25, 0.3) is 5.91 Å². The number of hydrogen-bond donors (Lipinski definition) is 1. The van der Waals surface area contributed by atoms with E-state index >= 15 is 0 Å². The molecule has 164 valence electrons. The highest BCUT2D eigenvalue weighted by atomic mass is 32.2. The van der Waals surface area contributed by atoms with E-state index in [0.29, 0.717) is 29.8 Å².